The van der Waals surface area contributed by atoms with Crippen LogP contribution in [-0.4, -0.2) is 45.3 Å². The number of piperidine rings is 1. The van der Waals surface area contributed by atoms with Crippen molar-refractivity contribution in [3.05, 3.63) is 12.2 Å². The van der Waals surface area contributed by atoms with Gasteiger partial charge in [-0.15, -0.1) is 35.0 Å². The standard InChI is InChI=1S/C13H23N5.2ClH/c1-10(2)18-9-15-16-13(18)8-17-7-11-3-4-12(17)6-14-5-11;;/h9-12,14H,3-8H2,1-2H3;2*1H/t11-,12+;;/m1../s1. The van der Waals surface area contributed by atoms with Crippen LogP contribution in [-0.2, 0) is 6.54 Å². The molecular weight excluding hydrogens is 297 g/mol. The molecule has 0 aliphatic carbocycles. The van der Waals surface area contributed by atoms with Gasteiger partial charge in [-0.2, -0.15) is 0 Å². The second-order valence-electron chi connectivity index (χ2n) is 5.93. The molecule has 4 heterocycles. The van der Waals surface area contributed by atoms with E-state index in [1.54, 1.807) is 0 Å². The van der Waals surface area contributed by atoms with Crippen molar-refractivity contribution in [3.63, 3.8) is 0 Å². The molecule has 3 aliphatic heterocycles. The number of hydrogen-bond acceptors (Lipinski definition) is 4. The molecule has 2 bridgehead atoms. The van der Waals surface area contributed by atoms with Crippen molar-refractivity contribution in [2.45, 2.75) is 45.3 Å². The van der Waals surface area contributed by atoms with Crippen LogP contribution < -0.4 is 5.32 Å². The lowest BCUT2D eigenvalue weighted by Crippen LogP contribution is -2.43. The van der Waals surface area contributed by atoms with Crippen molar-refractivity contribution < 1.29 is 0 Å². The van der Waals surface area contributed by atoms with Crippen LogP contribution in [0, 0.1) is 5.92 Å². The molecule has 7 heteroatoms. The highest BCUT2D eigenvalue weighted by Crippen LogP contribution is 2.25. The zero-order valence-electron chi connectivity index (χ0n) is 12.2. The van der Waals surface area contributed by atoms with E-state index in [1.165, 1.54) is 25.9 Å². The maximum atomic E-state index is 4.30. The van der Waals surface area contributed by atoms with E-state index < -0.39 is 0 Å². The summed E-state index contributed by atoms with van der Waals surface area (Å²) in [6, 6.07) is 1.12. The van der Waals surface area contributed by atoms with Crippen LogP contribution in [0.5, 0.6) is 0 Å². The van der Waals surface area contributed by atoms with Crippen molar-refractivity contribution in [3.8, 4) is 0 Å². The van der Waals surface area contributed by atoms with Crippen LogP contribution in [0.25, 0.3) is 0 Å². The van der Waals surface area contributed by atoms with Gasteiger partial charge < -0.3 is 9.88 Å². The lowest BCUT2D eigenvalue weighted by atomic mass is 9.95. The Morgan fingerprint density at radius 1 is 1.30 bits per heavy atom. The van der Waals surface area contributed by atoms with Gasteiger partial charge in [-0.3, -0.25) is 4.90 Å². The Bertz CT molecular complexity index is 405. The van der Waals surface area contributed by atoms with E-state index in [0.29, 0.717) is 12.1 Å². The highest BCUT2D eigenvalue weighted by Gasteiger charge is 2.31. The number of hydrogen-bond donors (Lipinski definition) is 1. The minimum absolute atomic E-state index is 0. The van der Waals surface area contributed by atoms with Gasteiger partial charge in [0.25, 0.3) is 0 Å². The number of halogens is 2. The first-order valence-corrected chi connectivity index (χ1v) is 7.07. The molecule has 3 fully saturated rings. The SMILES string of the molecule is CC(C)n1cnnc1CN1C[C@@H]2CC[C@H]1CNC2.Cl.Cl. The number of nitrogens with one attached hydrogen (secondary N) is 1. The van der Waals surface area contributed by atoms with Crippen molar-refractivity contribution in [1.29, 1.82) is 0 Å². The smallest absolute Gasteiger partial charge is 0.147 e. The van der Waals surface area contributed by atoms with E-state index in [1.807, 2.05) is 6.33 Å². The van der Waals surface area contributed by atoms with Crippen molar-refractivity contribution >= 4 is 24.8 Å². The third-order valence-electron chi connectivity index (χ3n) is 4.28. The minimum atomic E-state index is 0. The summed E-state index contributed by atoms with van der Waals surface area (Å²) in [5.41, 5.74) is 0. The lowest BCUT2D eigenvalue weighted by molar-refractivity contribution is 0.121. The Kier molecular flexibility index (Phi) is 6.72. The van der Waals surface area contributed by atoms with Crippen molar-refractivity contribution in [2.24, 2.45) is 5.92 Å². The molecule has 20 heavy (non-hydrogen) atoms. The first kappa shape index (κ1) is 17.7. The van der Waals surface area contributed by atoms with Crippen LogP contribution in [0.3, 0.4) is 0 Å². The van der Waals surface area contributed by atoms with Gasteiger partial charge in [-0.1, -0.05) is 0 Å². The number of aromatic nitrogens is 3. The molecule has 3 aliphatic rings. The predicted molar refractivity (Wildman–Crippen MR) is 84.7 cm³/mol. The molecule has 0 spiro atoms. The molecule has 2 atom stereocenters. The van der Waals surface area contributed by atoms with Gasteiger partial charge in [-0.25, -0.2) is 0 Å². The average molecular weight is 322 g/mol. The molecule has 1 aromatic rings. The lowest BCUT2D eigenvalue weighted by Gasteiger charge is -2.35. The molecule has 0 radical (unpaired) electrons. The Morgan fingerprint density at radius 3 is 2.85 bits per heavy atom. The van der Waals surface area contributed by atoms with E-state index in [-0.39, 0.29) is 24.8 Å². The van der Waals surface area contributed by atoms with Gasteiger partial charge in [0.1, 0.15) is 12.2 Å². The topological polar surface area (TPSA) is 46.0 Å². The Hall–Kier alpha value is -0.360. The first-order chi connectivity index (χ1) is 8.74. The first-order valence-electron chi connectivity index (χ1n) is 7.07. The highest BCUT2D eigenvalue weighted by molar-refractivity contribution is 5.85. The van der Waals surface area contributed by atoms with E-state index in [2.05, 4.69) is 38.8 Å². The normalized spacial score (nSPS) is 25.9. The summed E-state index contributed by atoms with van der Waals surface area (Å²) in [7, 11) is 0. The van der Waals surface area contributed by atoms with Crippen molar-refractivity contribution in [1.82, 2.24) is 25.0 Å². The summed E-state index contributed by atoms with van der Waals surface area (Å²) in [5.74, 6) is 1.93. The largest absolute Gasteiger partial charge is 0.315 e. The third kappa shape index (κ3) is 3.64. The molecular formula is C13H25Cl2N5. The Morgan fingerprint density at radius 2 is 2.10 bits per heavy atom. The number of rotatable bonds is 3. The number of fused-ring (bicyclic) bond motifs is 4. The summed E-state index contributed by atoms with van der Waals surface area (Å²) in [5, 5.41) is 11.9. The molecule has 1 aromatic heterocycles. The molecule has 0 saturated carbocycles. The van der Waals surface area contributed by atoms with Gasteiger partial charge in [0.15, 0.2) is 0 Å². The highest BCUT2D eigenvalue weighted by atomic mass is 35.5. The van der Waals surface area contributed by atoms with Crippen LogP contribution in [0.15, 0.2) is 6.33 Å². The second-order valence-corrected chi connectivity index (χ2v) is 5.93. The molecule has 0 unspecified atom stereocenters. The zero-order valence-corrected chi connectivity index (χ0v) is 13.8. The van der Waals surface area contributed by atoms with E-state index in [9.17, 15) is 0 Å². The monoisotopic (exact) mass is 321 g/mol. The molecule has 116 valence electrons. The number of nitrogens with zero attached hydrogens (tertiary/aromatic N) is 4. The molecule has 3 saturated heterocycles. The quantitative estimate of drug-likeness (QED) is 0.923. The van der Waals surface area contributed by atoms with Gasteiger partial charge in [-0.05, 0) is 39.2 Å². The van der Waals surface area contributed by atoms with Crippen LogP contribution >= 0.6 is 24.8 Å². The summed E-state index contributed by atoms with van der Waals surface area (Å²) >= 11 is 0. The van der Waals surface area contributed by atoms with Crippen LogP contribution in [0.1, 0.15) is 38.6 Å². The molecule has 1 N–H and O–H groups in total. The fourth-order valence-corrected chi connectivity index (χ4v) is 3.22. The van der Waals surface area contributed by atoms with E-state index in [4.69, 9.17) is 0 Å². The Labute approximate surface area is 133 Å². The maximum absolute atomic E-state index is 4.30. The minimum Gasteiger partial charge on any atom is -0.315 e. The maximum Gasteiger partial charge on any atom is 0.147 e. The van der Waals surface area contributed by atoms with Gasteiger partial charge in [0.05, 0.1) is 6.54 Å². The molecule has 0 amide bonds. The van der Waals surface area contributed by atoms with Crippen LogP contribution in [0.4, 0.5) is 0 Å². The fraction of sp³-hybridized carbons (Fsp3) is 0.846. The molecule has 4 rings (SSSR count). The zero-order chi connectivity index (χ0) is 12.5. The Balaban J connectivity index is 0.000001000. The molecule has 5 nitrogen and oxygen atoms in total. The van der Waals surface area contributed by atoms with Gasteiger partial charge in [0, 0.05) is 25.2 Å². The summed E-state index contributed by atoms with van der Waals surface area (Å²) in [4.78, 5) is 2.59. The van der Waals surface area contributed by atoms with E-state index in [0.717, 1.165) is 24.8 Å². The average Bonchev–Trinajstić information content (AvgIpc) is 2.58. The van der Waals surface area contributed by atoms with Gasteiger partial charge >= 0.3 is 0 Å². The molecule has 0 aromatic carbocycles. The van der Waals surface area contributed by atoms with Crippen molar-refractivity contribution in [2.75, 3.05) is 19.6 Å². The predicted octanol–water partition coefficient (Wildman–Crippen LogP) is 1.89. The van der Waals surface area contributed by atoms with E-state index >= 15 is 0 Å². The summed E-state index contributed by atoms with van der Waals surface area (Å²) in [6.07, 6.45) is 4.56. The van der Waals surface area contributed by atoms with Gasteiger partial charge in [0.2, 0.25) is 0 Å². The summed E-state index contributed by atoms with van der Waals surface area (Å²) in [6.45, 7) is 8.84. The fourth-order valence-electron chi connectivity index (χ4n) is 3.22. The second kappa shape index (κ2) is 7.59. The summed E-state index contributed by atoms with van der Waals surface area (Å²) < 4.78 is 2.19. The van der Waals surface area contributed by atoms with Crippen LogP contribution in [0.2, 0.25) is 0 Å². The third-order valence-corrected chi connectivity index (χ3v) is 4.28.